The second kappa shape index (κ2) is 11.4. The molecule has 2 aromatic rings. The number of H-pyrrole nitrogens is 1. The lowest BCUT2D eigenvalue weighted by Gasteiger charge is -2.51. The van der Waals surface area contributed by atoms with Gasteiger partial charge in [0.25, 0.3) is 0 Å². The SMILES string of the molecule is COC(=O)C1CC(OC(=O)c2cc(OC)c(OC)c(OC)c2)CC2CN3CCc4c([nH]c5c4CCCC=C5)C3CC21. The molecule has 5 atom stereocenters. The number of nitrogens with zero attached hydrogens (tertiary/aromatic N) is 1. The monoisotopic (exact) mass is 564 g/mol. The summed E-state index contributed by atoms with van der Waals surface area (Å²) in [6, 6.07) is 3.46. The molecule has 0 amide bonds. The molecular weight excluding hydrogens is 524 g/mol. The van der Waals surface area contributed by atoms with Crippen LogP contribution in [0.5, 0.6) is 17.2 Å². The first-order valence-electron chi connectivity index (χ1n) is 14.7. The van der Waals surface area contributed by atoms with E-state index in [4.69, 9.17) is 23.7 Å². The van der Waals surface area contributed by atoms with Gasteiger partial charge in [0.1, 0.15) is 6.10 Å². The van der Waals surface area contributed by atoms with Gasteiger partial charge in [-0.15, -0.1) is 0 Å². The Labute approximate surface area is 241 Å². The van der Waals surface area contributed by atoms with Gasteiger partial charge in [-0.05, 0) is 86.1 Å². The van der Waals surface area contributed by atoms with Crippen LogP contribution in [0.4, 0.5) is 0 Å². The lowest BCUT2D eigenvalue weighted by atomic mass is 9.65. The van der Waals surface area contributed by atoms with Crippen molar-refractivity contribution in [3.05, 3.63) is 46.3 Å². The van der Waals surface area contributed by atoms with Crippen LogP contribution in [0.3, 0.4) is 0 Å². The summed E-state index contributed by atoms with van der Waals surface area (Å²) >= 11 is 0. The van der Waals surface area contributed by atoms with E-state index in [1.165, 1.54) is 57.4 Å². The predicted octanol–water partition coefficient (Wildman–Crippen LogP) is 4.73. The van der Waals surface area contributed by atoms with Crippen molar-refractivity contribution in [3.63, 3.8) is 0 Å². The number of hydrogen-bond donors (Lipinski definition) is 1. The fourth-order valence-corrected chi connectivity index (χ4v) is 7.75. The number of ether oxygens (including phenoxy) is 5. The van der Waals surface area contributed by atoms with E-state index >= 15 is 0 Å². The molecule has 2 fully saturated rings. The van der Waals surface area contributed by atoms with Crippen molar-refractivity contribution in [1.82, 2.24) is 9.88 Å². The Balaban J connectivity index is 1.23. The van der Waals surface area contributed by atoms with E-state index in [9.17, 15) is 9.59 Å². The van der Waals surface area contributed by atoms with Crippen molar-refractivity contribution in [2.24, 2.45) is 17.8 Å². The second-order valence-corrected chi connectivity index (χ2v) is 11.7. The van der Waals surface area contributed by atoms with Gasteiger partial charge < -0.3 is 28.7 Å². The Kier molecular flexibility index (Phi) is 7.72. The molecule has 9 heteroatoms. The summed E-state index contributed by atoms with van der Waals surface area (Å²) in [5.74, 6) is 0.562. The molecule has 220 valence electrons. The molecule has 1 saturated carbocycles. The average Bonchev–Trinajstić information content (AvgIpc) is 3.19. The summed E-state index contributed by atoms with van der Waals surface area (Å²) in [4.78, 5) is 32.8. The Hall–Kier alpha value is -3.46. The van der Waals surface area contributed by atoms with E-state index in [0.717, 1.165) is 38.8 Å². The molecule has 5 unspecified atom stereocenters. The highest BCUT2D eigenvalue weighted by molar-refractivity contribution is 5.91. The van der Waals surface area contributed by atoms with Crippen molar-refractivity contribution < 1.29 is 33.3 Å². The largest absolute Gasteiger partial charge is 0.493 e. The number of carbonyl (C=O) groups excluding carboxylic acids is 2. The number of aromatic amines is 1. The van der Waals surface area contributed by atoms with Crippen molar-refractivity contribution >= 4 is 18.0 Å². The van der Waals surface area contributed by atoms with Gasteiger partial charge in [-0.1, -0.05) is 6.08 Å². The third-order valence-electron chi connectivity index (χ3n) is 9.64. The van der Waals surface area contributed by atoms with E-state index in [-0.39, 0.29) is 29.8 Å². The van der Waals surface area contributed by atoms with Crippen LogP contribution >= 0.6 is 0 Å². The molecular formula is C32H40N2O7. The Bertz CT molecular complexity index is 1320. The quantitative estimate of drug-likeness (QED) is 0.503. The normalized spacial score (nSPS) is 26.9. The molecule has 2 aliphatic heterocycles. The minimum atomic E-state index is -0.478. The number of piperidine rings is 1. The second-order valence-electron chi connectivity index (χ2n) is 11.7. The maximum atomic E-state index is 13.3. The van der Waals surface area contributed by atoms with E-state index in [1.54, 1.807) is 12.1 Å². The molecule has 41 heavy (non-hydrogen) atoms. The molecule has 4 aliphatic rings. The zero-order valence-corrected chi connectivity index (χ0v) is 24.4. The Morgan fingerprint density at radius 2 is 1.73 bits per heavy atom. The number of hydrogen-bond acceptors (Lipinski definition) is 8. The summed E-state index contributed by atoms with van der Waals surface area (Å²) in [5, 5.41) is 0. The van der Waals surface area contributed by atoms with Crippen LogP contribution in [0, 0.1) is 17.8 Å². The van der Waals surface area contributed by atoms with E-state index in [0.29, 0.717) is 35.7 Å². The number of carbonyl (C=O) groups is 2. The Morgan fingerprint density at radius 1 is 0.951 bits per heavy atom. The minimum Gasteiger partial charge on any atom is -0.493 e. The number of methoxy groups -OCH3 is 4. The van der Waals surface area contributed by atoms with Crippen LogP contribution in [0.25, 0.3) is 6.08 Å². The van der Waals surface area contributed by atoms with Gasteiger partial charge >= 0.3 is 11.9 Å². The van der Waals surface area contributed by atoms with Gasteiger partial charge in [0.15, 0.2) is 11.5 Å². The van der Waals surface area contributed by atoms with Crippen LogP contribution in [-0.2, 0) is 27.1 Å². The number of allylic oxidation sites excluding steroid dienone is 1. The van der Waals surface area contributed by atoms with Crippen LogP contribution in [0.1, 0.15) is 71.0 Å². The van der Waals surface area contributed by atoms with Crippen molar-refractivity contribution in [1.29, 1.82) is 0 Å². The molecule has 0 bridgehead atoms. The number of benzene rings is 1. The number of esters is 2. The highest BCUT2D eigenvalue weighted by Crippen LogP contribution is 2.50. The Morgan fingerprint density at radius 3 is 2.44 bits per heavy atom. The van der Waals surface area contributed by atoms with E-state index in [1.807, 2.05) is 0 Å². The van der Waals surface area contributed by atoms with E-state index in [2.05, 4.69) is 22.0 Å². The van der Waals surface area contributed by atoms with Crippen molar-refractivity contribution in [2.45, 2.75) is 57.1 Å². The van der Waals surface area contributed by atoms with Gasteiger partial charge in [0.2, 0.25) is 5.75 Å². The average molecular weight is 565 g/mol. The van der Waals surface area contributed by atoms with Crippen molar-refractivity contribution in [3.8, 4) is 17.2 Å². The molecule has 1 saturated heterocycles. The first-order chi connectivity index (χ1) is 19.9. The number of fused-ring (bicyclic) bond motifs is 6. The molecule has 9 nitrogen and oxygen atoms in total. The van der Waals surface area contributed by atoms with Gasteiger partial charge in [-0.25, -0.2) is 4.79 Å². The first-order valence-corrected chi connectivity index (χ1v) is 14.7. The molecule has 1 N–H and O–H groups in total. The molecule has 1 aromatic heterocycles. The van der Waals surface area contributed by atoms with Crippen LogP contribution < -0.4 is 14.2 Å². The van der Waals surface area contributed by atoms with E-state index < -0.39 is 12.1 Å². The van der Waals surface area contributed by atoms with Gasteiger partial charge in [-0.2, -0.15) is 0 Å². The molecule has 3 heterocycles. The molecule has 0 spiro atoms. The number of nitrogens with one attached hydrogen (secondary N) is 1. The van der Waals surface area contributed by atoms with Gasteiger partial charge in [0, 0.05) is 24.5 Å². The van der Waals surface area contributed by atoms with Crippen LogP contribution in [0.15, 0.2) is 18.2 Å². The third kappa shape index (κ3) is 4.98. The van der Waals surface area contributed by atoms with Gasteiger partial charge in [-0.3, -0.25) is 9.69 Å². The predicted molar refractivity (Wildman–Crippen MR) is 152 cm³/mol. The van der Waals surface area contributed by atoms with Crippen LogP contribution in [0.2, 0.25) is 0 Å². The molecule has 1 aromatic carbocycles. The molecule has 6 rings (SSSR count). The minimum absolute atomic E-state index is 0.171. The summed E-state index contributed by atoms with van der Waals surface area (Å²) < 4.78 is 27.6. The highest BCUT2D eigenvalue weighted by Gasteiger charge is 2.49. The number of aromatic nitrogens is 1. The van der Waals surface area contributed by atoms with Crippen molar-refractivity contribution in [2.75, 3.05) is 41.5 Å². The fourth-order valence-electron chi connectivity index (χ4n) is 7.75. The van der Waals surface area contributed by atoms with Gasteiger partial charge in [0.05, 0.1) is 46.0 Å². The summed E-state index contributed by atoms with van der Waals surface area (Å²) in [5.41, 5.74) is 5.90. The fraction of sp³-hybridized carbons (Fsp3) is 0.562. The molecule has 0 radical (unpaired) electrons. The zero-order chi connectivity index (χ0) is 28.7. The lowest BCUT2D eigenvalue weighted by Crippen LogP contribution is -2.52. The maximum absolute atomic E-state index is 13.3. The number of rotatable bonds is 6. The maximum Gasteiger partial charge on any atom is 0.338 e. The van der Waals surface area contributed by atoms with Crippen LogP contribution in [-0.4, -0.2) is 69.5 Å². The molecule has 2 aliphatic carbocycles. The zero-order valence-electron chi connectivity index (χ0n) is 24.4. The standard InChI is InChI=1S/C32H40N2O7/c1-37-27-13-18(14-28(38-2)30(27)39-3)31(35)41-20-12-19-17-34-11-10-22-21-8-6-5-7-9-25(21)33-29(22)26(34)16-23(19)24(15-20)32(36)40-4/h7,9,13-14,19-20,23-24,26,33H,5-6,8,10-12,15-17H2,1-4H3. The first kappa shape index (κ1) is 27.7. The highest BCUT2D eigenvalue weighted by atomic mass is 16.5. The summed E-state index contributed by atoms with van der Waals surface area (Å²) in [6.45, 7) is 1.88. The summed E-state index contributed by atoms with van der Waals surface area (Å²) in [7, 11) is 5.99. The summed E-state index contributed by atoms with van der Waals surface area (Å²) in [6.07, 6.45) is 10.7. The smallest absolute Gasteiger partial charge is 0.338 e. The topological polar surface area (TPSA) is 99.3 Å². The lowest BCUT2D eigenvalue weighted by molar-refractivity contribution is -0.155. The third-order valence-corrected chi connectivity index (χ3v) is 9.64.